The fourth-order valence-electron chi connectivity index (χ4n) is 5.53. The molecule has 0 aromatic rings. The van der Waals surface area contributed by atoms with Gasteiger partial charge in [-0.2, -0.15) is 0 Å². The molecule has 0 spiro atoms. The van der Waals surface area contributed by atoms with Gasteiger partial charge >= 0.3 is 0 Å². The van der Waals surface area contributed by atoms with Gasteiger partial charge in [0.25, 0.3) is 0 Å². The Balaban J connectivity index is 1.72. The predicted molar refractivity (Wildman–Crippen MR) is 134 cm³/mol. The largest absolute Gasteiger partial charge is 0.394 e. The summed E-state index contributed by atoms with van der Waals surface area (Å²) in [6.45, 7) is 3.21. The van der Waals surface area contributed by atoms with Gasteiger partial charge in [0.2, 0.25) is 35.4 Å². The van der Waals surface area contributed by atoms with Crippen LogP contribution < -0.4 is 22.1 Å². The maximum absolute atomic E-state index is 13.7. The van der Waals surface area contributed by atoms with Crippen molar-refractivity contribution in [2.24, 2.45) is 11.5 Å². The van der Waals surface area contributed by atoms with E-state index in [4.69, 9.17) is 11.5 Å². The molecule has 7 N–H and O–H groups in total. The molecular formula is C24H39N7O7. The van der Waals surface area contributed by atoms with Gasteiger partial charge < -0.3 is 41.9 Å². The predicted octanol–water partition coefficient (Wildman–Crippen LogP) is -3.22. The quantitative estimate of drug-likeness (QED) is 0.201. The zero-order valence-electron chi connectivity index (χ0n) is 22.0. The topological polar surface area (TPSA) is 208 Å². The van der Waals surface area contributed by atoms with Gasteiger partial charge in [0, 0.05) is 19.6 Å². The molecule has 0 aliphatic carbocycles. The van der Waals surface area contributed by atoms with Crippen molar-refractivity contribution in [3.63, 3.8) is 0 Å². The highest BCUT2D eigenvalue weighted by Gasteiger charge is 2.47. The minimum Gasteiger partial charge on any atom is -0.394 e. The number of nitrogens with zero attached hydrogens (tertiary/aromatic N) is 3. The normalized spacial score (nSPS) is 24.3. The number of primary amides is 1. The fraction of sp³-hybridized carbons (Fsp3) is 0.750. The molecule has 3 rings (SSSR count). The number of rotatable bonds is 9. The van der Waals surface area contributed by atoms with Crippen LogP contribution in [-0.2, 0) is 28.8 Å². The van der Waals surface area contributed by atoms with E-state index >= 15 is 0 Å². The molecule has 14 heteroatoms. The second-order valence-corrected chi connectivity index (χ2v) is 10.6. The Hall–Kier alpha value is -3.26. The number of nitrogens with two attached hydrogens (primary N) is 2. The van der Waals surface area contributed by atoms with E-state index in [0.717, 1.165) is 0 Å². The molecule has 0 radical (unpaired) electrons. The molecule has 0 unspecified atom stereocenters. The number of aliphatic hydroxyl groups is 1. The van der Waals surface area contributed by atoms with Gasteiger partial charge in [-0.05, 0) is 52.4 Å². The highest BCUT2D eigenvalue weighted by molar-refractivity contribution is 5.98. The molecule has 6 amide bonds. The summed E-state index contributed by atoms with van der Waals surface area (Å²) in [5, 5.41) is 14.3. The molecule has 3 aliphatic rings. The Labute approximate surface area is 221 Å². The summed E-state index contributed by atoms with van der Waals surface area (Å²) in [5.41, 5.74) is 9.31. The Bertz CT molecular complexity index is 972. The van der Waals surface area contributed by atoms with Gasteiger partial charge in [0.15, 0.2) is 0 Å². The van der Waals surface area contributed by atoms with Gasteiger partial charge in [0.1, 0.15) is 29.7 Å². The highest BCUT2D eigenvalue weighted by Crippen LogP contribution is 2.29. The lowest BCUT2D eigenvalue weighted by molar-refractivity contribution is -0.152. The maximum atomic E-state index is 13.7. The lowest BCUT2D eigenvalue weighted by Gasteiger charge is -2.36. The van der Waals surface area contributed by atoms with E-state index in [1.807, 2.05) is 0 Å². The van der Waals surface area contributed by atoms with Crippen molar-refractivity contribution in [1.29, 1.82) is 0 Å². The second kappa shape index (κ2) is 12.1. The highest BCUT2D eigenvalue weighted by atomic mass is 16.3. The Kier molecular flexibility index (Phi) is 9.31. The minimum atomic E-state index is -1.26. The van der Waals surface area contributed by atoms with Crippen molar-refractivity contribution in [3.8, 4) is 0 Å². The van der Waals surface area contributed by atoms with Crippen molar-refractivity contribution < 1.29 is 33.9 Å². The van der Waals surface area contributed by atoms with E-state index in [0.29, 0.717) is 58.2 Å². The number of likely N-dealkylation sites (tertiary alicyclic amines) is 3. The van der Waals surface area contributed by atoms with E-state index in [9.17, 15) is 33.9 Å². The molecule has 4 atom stereocenters. The second-order valence-electron chi connectivity index (χ2n) is 10.6. The third kappa shape index (κ3) is 6.07. The van der Waals surface area contributed by atoms with Crippen LogP contribution in [0.4, 0.5) is 0 Å². The van der Waals surface area contributed by atoms with Crippen LogP contribution in [0.3, 0.4) is 0 Å². The van der Waals surface area contributed by atoms with Crippen LogP contribution in [0.2, 0.25) is 0 Å². The van der Waals surface area contributed by atoms with Crippen LogP contribution in [0.1, 0.15) is 52.4 Å². The molecule has 0 aromatic heterocycles. The van der Waals surface area contributed by atoms with Crippen LogP contribution in [0, 0.1) is 0 Å². The molecule has 0 bridgehead atoms. The monoisotopic (exact) mass is 537 g/mol. The number of carbonyl (C=O) groups is 6. The van der Waals surface area contributed by atoms with Crippen molar-refractivity contribution in [1.82, 2.24) is 25.3 Å². The molecule has 14 nitrogen and oxygen atoms in total. The maximum Gasteiger partial charge on any atom is 0.248 e. The average molecular weight is 538 g/mol. The summed E-state index contributed by atoms with van der Waals surface area (Å²) in [7, 11) is 0. The van der Waals surface area contributed by atoms with Gasteiger partial charge in [-0.25, -0.2) is 0 Å². The van der Waals surface area contributed by atoms with Gasteiger partial charge in [0.05, 0.1) is 13.2 Å². The van der Waals surface area contributed by atoms with E-state index in [-0.39, 0.29) is 18.4 Å². The summed E-state index contributed by atoms with van der Waals surface area (Å²) in [6.07, 6.45) is 3.01. The van der Waals surface area contributed by atoms with Crippen molar-refractivity contribution in [2.75, 3.05) is 32.8 Å². The number of hydrogen-bond acceptors (Lipinski definition) is 8. The Morgan fingerprint density at radius 1 is 0.868 bits per heavy atom. The lowest BCUT2D eigenvalue weighted by atomic mass is 10.0. The number of aliphatic hydroxyl groups excluding tert-OH is 1. The molecule has 3 saturated heterocycles. The smallest absolute Gasteiger partial charge is 0.248 e. The summed E-state index contributed by atoms with van der Waals surface area (Å²) in [4.78, 5) is 80.9. The molecule has 3 fully saturated rings. The van der Waals surface area contributed by atoms with E-state index in [2.05, 4.69) is 10.6 Å². The molecule has 212 valence electrons. The first-order valence-electron chi connectivity index (χ1n) is 13.1. The number of hydrogen-bond donors (Lipinski definition) is 5. The van der Waals surface area contributed by atoms with Crippen molar-refractivity contribution in [2.45, 2.75) is 82.1 Å². The molecule has 0 saturated carbocycles. The number of amides is 6. The first-order chi connectivity index (χ1) is 17.9. The van der Waals surface area contributed by atoms with E-state index in [1.54, 1.807) is 13.8 Å². The molecule has 38 heavy (non-hydrogen) atoms. The first kappa shape index (κ1) is 29.3. The van der Waals surface area contributed by atoms with Crippen LogP contribution in [0.25, 0.3) is 0 Å². The standard InChI is InChI=1S/C24H39N7O7/c1-24(2,28-18(33)12-25)23(38)31-11-5-8-17(31)22(37)30-10-4-7-16(30)21(36)29-9-3-6-15(29)20(35)27-14(13-32)19(26)34/h14-17,32H,3-13,25H2,1-2H3,(H2,26,34)(H,27,35)(H,28,33)/t14-,15-,16-,17-/m0/s1. The SMILES string of the molecule is CC(C)(NC(=O)CN)C(=O)N1CCC[C@H]1C(=O)N1CCC[C@H]1C(=O)N1CCC[C@H]1C(=O)N[C@@H](CO)C(N)=O. The summed E-state index contributed by atoms with van der Waals surface area (Å²) in [5.74, 6) is -3.05. The first-order valence-corrected chi connectivity index (χ1v) is 13.1. The zero-order chi connectivity index (χ0) is 28.2. The Morgan fingerprint density at radius 2 is 1.34 bits per heavy atom. The van der Waals surface area contributed by atoms with Crippen LogP contribution in [0.5, 0.6) is 0 Å². The lowest BCUT2D eigenvalue weighted by Crippen LogP contribution is -2.61. The third-order valence-corrected chi connectivity index (χ3v) is 7.47. The number of nitrogens with one attached hydrogen (secondary N) is 2. The van der Waals surface area contributed by atoms with E-state index in [1.165, 1.54) is 14.7 Å². The van der Waals surface area contributed by atoms with Crippen molar-refractivity contribution >= 4 is 35.4 Å². The molecule has 0 aromatic carbocycles. The third-order valence-electron chi connectivity index (χ3n) is 7.47. The van der Waals surface area contributed by atoms with E-state index < -0.39 is 59.9 Å². The van der Waals surface area contributed by atoms with Gasteiger partial charge in [-0.15, -0.1) is 0 Å². The Morgan fingerprint density at radius 3 is 1.84 bits per heavy atom. The summed E-state index contributed by atoms with van der Waals surface area (Å²) < 4.78 is 0. The minimum absolute atomic E-state index is 0.269. The molecule has 3 heterocycles. The molecular weight excluding hydrogens is 498 g/mol. The fourth-order valence-corrected chi connectivity index (χ4v) is 5.53. The average Bonchev–Trinajstić information content (AvgIpc) is 3.65. The molecule has 3 aliphatic heterocycles. The zero-order valence-corrected chi connectivity index (χ0v) is 22.0. The summed E-state index contributed by atoms with van der Waals surface area (Å²) in [6, 6.07) is -3.63. The number of carbonyl (C=O) groups excluding carboxylic acids is 6. The van der Waals surface area contributed by atoms with Crippen molar-refractivity contribution in [3.05, 3.63) is 0 Å². The van der Waals surface area contributed by atoms with Gasteiger partial charge in [-0.1, -0.05) is 0 Å². The van der Waals surface area contributed by atoms with Crippen LogP contribution >= 0.6 is 0 Å². The van der Waals surface area contributed by atoms with Crippen LogP contribution in [0.15, 0.2) is 0 Å². The van der Waals surface area contributed by atoms with Gasteiger partial charge in [-0.3, -0.25) is 28.8 Å². The summed E-state index contributed by atoms with van der Waals surface area (Å²) >= 11 is 0. The van der Waals surface area contributed by atoms with Crippen LogP contribution in [-0.4, -0.2) is 118 Å².